The highest BCUT2D eigenvalue weighted by Gasteiger charge is 2.25. The van der Waals surface area contributed by atoms with Crippen LogP contribution in [0.5, 0.6) is 0 Å². The molecule has 1 fully saturated rings. The number of amides is 1. The van der Waals surface area contributed by atoms with Crippen molar-refractivity contribution >= 4 is 40.2 Å². The molecule has 1 aromatic carbocycles. The van der Waals surface area contributed by atoms with E-state index in [1.165, 1.54) is 18.9 Å². The van der Waals surface area contributed by atoms with Crippen molar-refractivity contribution < 1.29 is 14.3 Å². The first-order valence-electron chi connectivity index (χ1n) is 5.30. The molecule has 0 radical (unpaired) electrons. The van der Waals surface area contributed by atoms with E-state index in [0.29, 0.717) is 22.0 Å². The highest BCUT2D eigenvalue weighted by Crippen LogP contribution is 2.20. The van der Waals surface area contributed by atoms with Crippen molar-refractivity contribution in [1.82, 2.24) is 4.90 Å². The summed E-state index contributed by atoms with van der Waals surface area (Å²) in [6, 6.07) is 6.37. The zero-order valence-corrected chi connectivity index (χ0v) is 11.3. The Labute approximate surface area is 114 Å². The zero-order chi connectivity index (χ0) is 13.1. The van der Waals surface area contributed by atoms with Gasteiger partial charge in [0.2, 0.25) is 0 Å². The Morgan fingerprint density at radius 3 is 2.39 bits per heavy atom. The predicted octanol–water partition coefficient (Wildman–Crippen LogP) is 1.95. The van der Waals surface area contributed by atoms with Crippen LogP contribution in [0.3, 0.4) is 0 Å². The fraction of sp³-hybridized carbons (Fsp3) is 0.250. The van der Waals surface area contributed by atoms with Crippen molar-refractivity contribution in [3.8, 4) is 0 Å². The molecule has 6 heteroatoms. The summed E-state index contributed by atoms with van der Waals surface area (Å²) < 4.78 is 5.20. The molecule has 1 aliphatic heterocycles. The van der Waals surface area contributed by atoms with Gasteiger partial charge in [-0.2, -0.15) is 0 Å². The molecule has 18 heavy (non-hydrogen) atoms. The summed E-state index contributed by atoms with van der Waals surface area (Å²) in [5, 5.41) is 0. The van der Waals surface area contributed by atoms with Gasteiger partial charge in [0.1, 0.15) is 4.32 Å². The van der Waals surface area contributed by atoms with Crippen LogP contribution >= 0.6 is 24.0 Å². The minimum Gasteiger partial charge on any atom is -0.465 e. The van der Waals surface area contributed by atoms with Crippen LogP contribution in [0.2, 0.25) is 0 Å². The van der Waals surface area contributed by atoms with E-state index in [1.807, 2.05) is 0 Å². The lowest BCUT2D eigenvalue weighted by atomic mass is 10.1. The first kappa shape index (κ1) is 13.0. The molecule has 1 aromatic rings. The zero-order valence-electron chi connectivity index (χ0n) is 9.71. The van der Waals surface area contributed by atoms with Gasteiger partial charge in [-0.25, -0.2) is 4.79 Å². The van der Waals surface area contributed by atoms with E-state index < -0.39 is 5.97 Å². The van der Waals surface area contributed by atoms with Crippen LogP contribution in [0.4, 0.5) is 0 Å². The summed E-state index contributed by atoms with van der Waals surface area (Å²) in [6.07, 6.45) is 0. The van der Waals surface area contributed by atoms with Gasteiger partial charge in [0.15, 0.2) is 0 Å². The summed E-state index contributed by atoms with van der Waals surface area (Å²) in [6.45, 7) is 0.640. The summed E-state index contributed by atoms with van der Waals surface area (Å²) in [7, 11) is 1.32. The lowest BCUT2D eigenvalue weighted by Crippen LogP contribution is -2.30. The molecule has 1 aliphatic rings. The van der Waals surface area contributed by atoms with Crippen LogP contribution in [-0.2, 0) is 4.74 Å². The van der Waals surface area contributed by atoms with E-state index in [4.69, 9.17) is 12.2 Å². The van der Waals surface area contributed by atoms with Crippen molar-refractivity contribution in [2.24, 2.45) is 0 Å². The Kier molecular flexibility index (Phi) is 3.98. The minimum absolute atomic E-state index is 0.124. The number of ether oxygens (including phenoxy) is 1. The number of methoxy groups -OCH3 is 1. The van der Waals surface area contributed by atoms with E-state index >= 15 is 0 Å². The number of benzene rings is 1. The lowest BCUT2D eigenvalue weighted by Gasteiger charge is -2.14. The fourth-order valence-electron chi connectivity index (χ4n) is 1.60. The van der Waals surface area contributed by atoms with Crippen LogP contribution in [0, 0.1) is 0 Å². The third kappa shape index (κ3) is 2.54. The number of esters is 1. The Morgan fingerprint density at radius 2 is 1.89 bits per heavy atom. The molecule has 94 valence electrons. The molecule has 0 N–H and O–H groups in total. The van der Waals surface area contributed by atoms with Crippen LogP contribution < -0.4 is 0 Å². The van der Waals surface area contributed by atoms with E-state index in [1.54, 1.807) is 29.2 Å². The summed E-state index contributed by atoms with van der Waals surface area (Å²) in [4.78, 5) is 25.0. The second-order valence-corrected chi connectivity index (χ2v) is 5.37. The lowest BCUT2D eigenvalue weighted by molar-refractivity contribution is 0.0600. The number of nitrogens with zero attached hydrogens (tertiary/aromatic N) is 1. The van der Waals surface area contributed by atoms with Crippen LogP contribution in [0.1, 0.15) is 20.7 Å². The fourth-order valence-corrected chi connectivity index (χ4v) is 2.80. The SMILES string of the molecule is COC(=O)c1ccc(C(=O)N2CCSC2=S)cc1. The number of hydrogen-bond acceptors (Lipinski definition) is 5. The third-order valence-electron chi connectivity index (χ3n) is 2.56. The molecule has 1 amide bonds. The van der Waals surface area contributed by atoms with Gasteiger partial charge in [-0.3, -0.25) is 9.69 Å². The van der Waals surface area contributed by atoms with Crippen molar-refractivity contribution in [3.63, 3.8) is 0 Å². The topological polar surface area (TPSA) is 46.6 Å². The highest BCUT2D eigenvalue weighted by molar-refractivity contribution is 8.23. The largest absolute Gasteiger partial charge is 0.465 e. The quantitative estimate of drug-likeness (QED) is 0.612. The maximum absolute atomic E-state index is 12.1. The van der Waals surface area contributed by atoms with E-state index in [0.717, 1.165) is 5.75 Å². The number of hydrogen-bond donors (Lipinski definition) is 0. The van der Waals surface area contributed by atoms with E-state index in [-0.39, 0.29) is 5.91 Å². The van der Waals surface area contributed by atoms with Gasteiger partial charge >= 0.3 is 5.97 Å². The van der Waals surface area contributed by atoms with Crippen LogP contribution in [0.25, 0.3) is 0 Å². The van der Waals surface area contributed by atoms with Gasteiger partial charge < -0.3 is 4.74 Å². The van der Waals surface area contributed by atoms with Crippen molar-refractivity contribution in [1.29, 1.82) is 0 Å². The van der Waals surface area contributed by atoms with E-state index in [9.17, 15) is 9.59 Å². The third-order valence-corrected chi connectivity index (χ3v) is 3.99. The number of thiocarbonyl (C=S) groups is 1. The highest BCUT2D eigenvalue weighted by atomic mass is 32.2. The Hall–Kier alpha value is -1.40. The molecule has 2 rings (SSSR count). The van der Waals surface area contributed by atoms with E-state index in [2.05, 4.69) is 4.74 Å². The molecule has 1 saturated heterocycles. The smallest absolute Gasteiger partial charge is 0.337 e. The standard InChI is InChI=1S/C12H11NO3S2/c1-16-11(15)9-4-2-8(3-5-9)10(14)13-6-7-18-12(13)17/h2-5H,6-7H2,1H3. The monoisotopic (exact) mass is 281 g/mol. The normalized spacial score (nSPS) is 14.7. The van der Waals surface area contributed by atoms with Gasteiger partial charge in [-0.1, -0.05) is 24.0 Å². The van der Waals surface area contributed by atoms with Gasteiger partial charge in [0.05, 0.1) is 12.7 Å². The molecule has 0 unspecified atom stereocenters. The van der Waals surface area contributed by atoms with Gasteiger partial charge in [0.25, 0.3) is 5.91 Å². The Balaban J connectivity index is 2.16. The minimum atomic E-state index is -0.416. The van der Waals surface area contributed by atoms with Crippen molar-refractivity contribution in [2.45, 2.75) is 0 Å². The molecular formula is C12H11NO3S2. The summed E-state index contributed by atoms with van der Waals surface area (Å²) in [5.41, 5.74) is 0.944. The van der Waals surface area contributed by atoms with Crippen LogP contribution in [0.15, 0.2) is 24.3 Å². The average molecular weight is 281 g/mol. The maximum atomic E-state index is 12.1. The Bertz CT molecular complexity index is 499. The second kappa shape index (κ2) is 5.49. The molecule has 4 nitrogen and oxygen atoms in total. The van der Waals surface area contributed by atoms with Crippen molar-refractivity contribution in [2.75, 3.05) is 19.4 Å². The molecule has 0 aromatic heterocycles. The summed E-state index contributed by atoms with van der Waals surface area (Å²) >= 11 is 6.60. The number of carbonyl (C=O) groups excluding carboxylic acids is 2. The first-order chi connectivity index (χ1) is 8.63. The maximum Gasteiger partial charge on any atom is 0.337 e. The Morgan fingerprint density at radius 1 is 1.28 bits per heavy atom. The molecule has 0 aliphatic carbocycles. The number of carbonyl (C=O) groups is 2. The average Bonchev–Trinajstić information content (AvgIpc) is 2.83. The molecule has 0 atom stereocenters. The molecular weight excluding hydrogens is 270 g/mol. The first-order valence-corrected chi connectivity index (χ1v) is 6.70. The predicted molar refractivity (Wildman–Crippen MR) is 73.9 cm³/mol. The molecule has 0 saturated carbocycles. The van der Waals surface area contributed by atoms with Gasteiger partial charge in [-0.05, 0) is 24.3 Å². The van der Waals surface area contributed by atoms with Crippen molar-refractivity contribution in [3.05, 3.63) is 35.4 Å². The second-order valence-electron chi connectivity index (χ2n) is 3.64. The van der Waals surface area contributed by atoms with Gasteiger partial charge in [0, 0.05) is 17.9 Å². The molecule has 1 heterocycles. The number of thioether (sulfide) groups is 1. The molecule has 0 spiro atoms. The van der Waals surface area contributed by atoms with Gasteiger partial charge in [-0.15, -0.1) is 0 Å². The number of rotatable bonds is 2. The van der Waals surface area contributed by atoms with Crippen LogP contribution in [-0.4, -0.2) is 40.5 Å². The summed E-state index contributed by atoms with van der Waals surface area (Å²) in [5.74, 6) is 0.299. The molecule has 0 bridgehead atoms.